The molecule has 2 atom stereocenters. The van der Waals surface area contributed by atoms with Crippen LogP contribution in [0.2, 0.25) is 0 Å². The van der Waals surface area contributed by atoms with Crippen molar-refractivity contribution in [2.75, 3.05) is 0 Å². The first kappa shape index (κ1) is 11.8. The number of halogens is 1. The predicted molar refractivity (Wildman–Crippen MR) is 65.3 cm³/mol. The number of unbranched alkanes of at least 4 members (excludes halogenated alkanes) is 3. The van der Waals surface area contributed by atoms with Gasteiger partial charge in [-0.25, -0.2) is 0 Å². The molecule has 1 aliphatic heterocycles. The van der Waals surface area contributed by atoms with Gasteiger partial charge in [-0.05, 0) is 25.7 Å². The molecule has 0 amide bonds. The van der Waals surface area contributed by atoms with Crippen LogP contribution in [0.3, 0.4) is 0 Å². The molecule has 1 nitrogen and oxygen atoms in total. The maximum absolute atomic E-state index is 5.85. The molecule has 2 heteroatoms. The third-order valence-corrected chi connectivity index (χ3v) is 3.59. The topological polar surface area (TPSA) is 9.23 Å². The van der Waals surface area contributed by atoms with E-state index in [9.17, 15) is 0 Å². The molecule has 1 heterocycles. The Kier molecular flexibility index (Phi) is 6.37. The van der Waals surface area contributed by atoms with Crippen molar-refractivity contribution in [2.24, 2.45) is 0 Å². The van der Waals surface area contributed by atoms with Crippen LogP contribution in [0, 0.1) is 0 Å². The molecule has 0 aromatic rings. The summed E-state index contributed by atoms with van der Waals surface area (Å²) in [4.78, 5) is 0. The van der Waals surface area contributed by atoms with Crippen LogP contribution in [-0.4, -0.2) is 10.2 Å². The van der Waals surface area contributed by atoms with E-state index in [4.69, 9.17) is 4.74 Å². The van der Waals surface area contributed by atoms with Crippen molar-refractivity contribution in [3.8, 4) is 0 Å². The summed E-state index contributed by atoms with van der Waals surface area (Å²) in [7, 11) is 0. The van der Waals surface area contributed by atoms with E-state index in [0.29, 0.717) is 10.2 Å². The summed E-state index contributed by atoms with van der Waals surface area (Å²) in [6.45, 7) is 2.26. The van der Waals surface area contributed by atoms with Gasteiger partial charge in [0.25, 0.3) is 0 Å². The van der Waals surface area contributed by atoms with Crippen LogP contribution in [0.15, 0.2) is 0 Å². The second-order valence-electron chi connectivity index (χ2n) is 3.95. The Bertz CT molecular complexity index is 127. The fourth-order valence-electron chi connectivity index (χ4n) is 1.86. The van der Waals surface area contributed by atoms with Crippen LogP contribution in [0.1, 0.15) is 58.3 Å². The van der Waals surface area contributed by atoms with E-state index in [1.807, 2.05) is 0 Å². The van der Waals surface area contributed by atoms with Gasteiger partial charge in [0.1, 0.15) is 4.11 Å². The van der Waals surface area contributed by atoms with E-state index in [1.165, 1.54) is 51.4 Å². The number of alkyl halides is 1. The minimum Gasteiger partial charge on any atom is -0.365 e. The summed E-state index contributed by atoms with van der Waals surface area (Å²) < 4.78 is 6.34. The Hall–Kier alpha value is 0.690. The predicted octanol–water partition coefficient (Wildman–Crippen LogP) is 4.29. The van der Waals surface area contributed by atoms with Crippen LogP contribution in [0.4, 0.5) is 0 Å². The normalized spacial score (nSPS) is 29.1. The smallest absolute Gasteiger partial charge is 0.109 e. The Morgan fingerprint density at radius 1 is 1.23 bits per heavy atom. The zero-order chi connectivity index (χ0) is 9.52. The largest absolute Gasteiger partial charge is 0.365 e. The monoisotopic (exact) mass is 296 g/mol. The molecule has 0 aromatic carbocycles. The van der Waals surface area contributed by atoms with Gasteiger partial charge in [0.15, 0.2) is 0 Å². The van der Waals surface area contributed by atoms with Gasteiger partial charge in [-0.1, -0.05) is 55.2 Å². The van der Waals surface area contributed by atoms with E-state index in [-0.39, 0.29) is 0 Å². The summed E-state index contributed by atoms with van der Waals surface area (Å²) in [6, 6.07) is 0. The van der Waals surface area contributed by atoms with Gasteiger partial charge in [-0.15, -0.1) is 0 Å². The summed E-state index contributed by atoms with van der Waals surface area (Å²) in [5, 5.41) is 0. The van der Waals surface area contributed by atoms with Crippen molar-refractivity contribution in [1.29, 1.82) is 0 Å². The first-order valence-corrected chi connectivity index (χ1v) is 6.87. The lowest BCUT2D eigenvalue weighted by molar-refractivity contribution is -0.000967. The second kappa shape index (κ2) is 7.04. The lowest BCUT2D eigenvalue weighted by atomic mass is 10.0. The number of ether oxygens (including phenoxy) is 1. The molecule has 78 valence electrons. The van der Waals surface area contributed by atoms with E-state index in [0.717, 1.165) is 0 Å². The lowest BCUT2D eigenvalue weighted by Gasteiger charge is -2.26. The molecule has 0 aromatic heterocycles. The van der Waals surface area contributed by atoms with Gasteiger partial charge < -0.3 is 4.74 Å². The van der Waals surface area contributed by atoms with Crippen LogP contribution in [-0.2, 0) is 4.74 Å². The summed E-state index contributed by atoms with van der Waals surface area (Å²) in [5.41, 5.74) is 0. The highest BCUT2D eigenvalue weighted by atomic mass is 127. The fraction of sp³-hybridized carbons (Fsp3) is 1.00. The molecule has 0 saturated carbocycles. The van der Waals surface area contributed by atoms with Crippen molar-refractivity contribution < 1.29 is 4.74 Å². The average molecular weight is 296 g/mol. The minimum atomic E-state index is 0.488. The number of hydrogen-bond acceptors (Lipinski definition) is 1. The Balaban J connectivity index is 2.00. The van der Waals surface area contributed by atoms with Gasteiger partial charge in [-0.3, -0.25) is 0 Å². The van der Waals surface area contributed by atoms with E-state index < -0.39 is 0 Å². The SMILES string of the molecule is CCCCCC[C@@H]1CCC[C@@H](I)O1. The van der Waals surface area contributed by atoms with Gasteiger partial charge in [-0.2, -0.15) is 0 Å². The average Bonchev–Trinajstić information content (AvgIpc) is 2.13. The number of hydrogen-bond donors (Lipinski definition) is 0. The third kappa shape index (κ3) is 5.21. The standard InChI is InChI=1S/C11H21IO/c1-2-3-4-5-7-10-8-6-9-11(12)13-10/h10-11H,2-9H2,1H3/t10-,11+/m1/s1. The highest BCUT2D eigenvalue weighted by molar-refractivity contribution is 14.1. The highest BCUT2D eigenvalue weighted by Gasteiger charge is 2.19. The molecular formula is C11H21IO. The van der Waals surface area contributed by atoms with E-state index >= 15 is 0 Å². The van der Waals surface area contributed by atoms with Crippen LogP contribution >= 0.6 is 22.6 Å². The Morgan fingerprint density at radius 3 is 2.77 bits per heavy atom. The molecule has 0 spiro atoms. The summed E-state index contributed by atoms with van der Waals surface area (Å²) >= 11 is 2.42. The fourth-order valence-corrected chi connectivity index (χ4v) is 2.72. The van der Waals surface area contributed by atoms with Crippen molar-refractivity contribution in [1.82, 2.24) is 0 Å². The van der Waals surface area contributed by atoms with Gasteiger partial charge in [0.05, 0.1) is 6.10 Å². The summed E-state index contributed by atoms with van der Waals surface area (Å²) in [6.07, 6.45) is 11.3. The van der Waals surface area contributed by atoms with Crippen molar-refractivity contribution in [3.63, 3.8) is 0 Å². The molecule has 13 heavy (non-hydrogen) atoms. The second-order valence-corrected chi connectivity index (χ2v) is 5.34. The number of rotatable bonds is 5. The molecule has 1 aliphatic rings. The zero-order valence-corrected chi connectivity index (χ0v) is 10.8. The highest BCUT2D eigenvalue weighted by Crippen LogP contribution is 2.26. The van der Waals surface area contributed by atoms with Gasteiger partial charge in [0.2, 0.25) is 0 Å². The first-order chi connectivity index (χ1) is 6.33. The maximum Gasteiger partial charge on any atom is 0.109 e. The molecule has 0 N–H and O–H groups in total. The molecule has 0 bridgehead atoms. The molecule has 0 radical (unpaired) electrons. The Morgan fingerprint density at radius 2 is 2.08 bits per heavy atom. The van der Waals surface area contributed by atoms with Gasteiger partial charge >= 0.3 is 0 Å². The maximum atomic E-state index is 5.85. The van der Waals surface area contributed by atoms with Crippen LogP contribution in [0.25, 0.3) is 0 Å². The molecule has 1 fully saturated rings. The Labute approximate surface area is 95.8 Å². The zero-order valence-electron chi connectivity index (χ0n) is 8.60. The molecule has 0 unspecified atom stereocenters. The van der Waals surface area contributed by atoms with Crippen molar-refractivity contribution in [2.45, 2.75) is 68.5 Å². The first-order valence-electron chi connectivity index (χ1n) is 5.62. The van der Waals surface area contributed by atoms with Crippen molar-refractivity contribution >= 4 is 22.6 Å². The summed E-state index contributed by atoms with van der Waals surface area (Å²) in [5.74, 6) is 0. The molecular weight excluding hydrogens is 275 g/mol. The van der Waals surface area contributed by atoms with E-state index in [1.54, 1.807) is 0 Å². The van der Waals surface area contributed by atoms with Crippen LogP contribution < -0.4 is 0 Å². The van der Waals surface area contributed by atoms with E-state index in [2.05, 4.69) is 29.5 Å². The minimum absolute atomic E-state index is 0.488. The quantitative estimate of drug-likeness (QED) is 0.418. The van der Waals surface area contributed by atoms with Gasteiger partial charge in [0, 0.05) is 0 Å². The van der Waals surface area contributed by atoms with Crippen molar-refractivity contribution in [3.05, 3.63) is 0 Å². The van der Waals surface area contributed by atoms with Crippen LogP contribution in [0.5, 0.6) is 0 Å². The molecule has 1 saturated heterocycles. The molecule has 1 rings (SSSR count). The molecule has 0 aliphatic carbocycles. The third-order valence-electron chi connectivity index (χ3n) is 2.68. The lowest BCUT2D eigenvalue weighted by Crippen LogP contribution is -2.23.